The van der Waals surface area contributed by atoms with Crippen LogP contribution in [0.25, 0.3) is 0 Å². The van der Waals surface area contributed by atoms with E-state index in [1.807, 2.05) is 0 Å². The number of nitrogens with zero attached hydrogens (tertiary/aromatic N) is 2. The number of carbonyl (C=O) groups is 2. The van der Waals surface area contributed by atoms with Crippen molar-refractivity contribution >= 4 is 30.1 Å². The monoisotopic (exact) mass is 296 g/mol. The molecule has 2 aliphatic rings. The summed E-state index contributed by atoms with van der Waals surface area (Å²) in [4.78, 5) is 24.1. The van der Waals surface area contributed by atoms with Crippen LogP contribution < -0.4 is 0 Å². The summed E-state index contributed by atoms with van der Waals surface area (Å²) in [6, 6.07) is 0. The highest BCUT2D eigenvalue weighted by molar-refractivity contribution is 7.87. The molecule has 0 N–H and O–H groups in total. The number of cyclic esters (lactones) is 2. The first-order valence-electron chi connectivity index (χ1n) is 5.66. The van der Waals surface area contributed by atoms with E-state index in [9.17, 15) is 14.2 Å². The zero-order chi connectivity index (χ0) is 13.2. The largest absolute Gasteiger partial charge is 0.449 e. The van der Waals surface area contributed by atoms with Crippen LogP contribution >= 0.6 is 17.9 Å². The Bertz CT molecular complexity index is 404. The standard InChI is InChI=1S/C9H14ClN2O5P/c10-18(15,12-3-6-17-9(12)14)7-4-11-2-1-5-16-8(11)13/h1-7H2/t18-/m1/s1. The average Bonchev–Trinajstić information content (AvgIpc) is 2.75. The molecule has 0 saturated carbocycles. The Morgan fingerprint density at radius 2 is 1.89 bits per heavy atom. The van der Waals surface area contributed by atoms with E-state index >= 15 is 0 Å². The van der Waals surface area contributed by atoms with E-state index in [-0.39, 0.29) is 25.9 Å². The molecule has 7 nitrogen and oxygen atoms in total. The van der Waals surface area contributed by atoms with Crippen LogP contribution in [-0.2, 0) is 14.0 Å². The van der Waals surface area contributed by atoms with Crippen molar-refractivity contribution in [1.29, 1.82) is 0 Å². The van der Waals surface area contributed by atoms with E-state index in [2.05, 4.69) is 4.74 Å². The average molecular weight is 297 g/mol. The normalized spacial score (nSPS) is 23.6. The summed E-state index contributed by atoms with van der Waals surface area (Å²) in [5.41, 5.74) is 0. The van der Waals surface area contributed by atoms with E-state index in [0.29, 0.717) is 13.2 Å². The quantitative estimate of drug-likeness (QED) is 0.738. The van der Waals surface area contributed by atoms with Crippen LogP contribution in [0.4, 0.5) is 9.59 Å². The summed E-state index contributed by atoms with van der Waals surface area (Å²) in [7, 11) is 0. The summed E-state index contributed by atoms with van der Waals surface area (Å²) >= 11 is 5.91. The van der Waals surface area contributed by atoms with Crippen LogP contribution in [0.3, 0.4) is 0 Å². The molecular weight excluding hydrogens is 283 g/mol. The van der Waals surface area contributed by atoms with Crippen LogP contribution in [0.2, 0.25) is 0 Å². The number of carbonyl (C=O) groups excluding carboxylic acids is 2. The Kier molecular flexibility index (Phi) is 4.02. The van der Waals surface area contributed by atoms with Gasteiger partial charge in [0, 0.05) is 13.1 Å². The molecular formula is C9H14ClN2O5P. The zero-order valence-electron chi connectivity index (χ0n) is 9.71. The molecule has 2 aliphatic heterocycles. The molecule has 9 heteroatoms. The van der Waals surface area contributed by atoms with Crippen molar-refractivity contribution in [3.8, 4) is 0 Å². The lowest BCUT2D eigenvalue weighted by atomic mass is 10.4. The van der Waals surface area contributed by atoms with Gasteiger partial charge in [0.1, 0.15) is 6.61 Å². The van der Waals surface area contributed by atoms with Gasteiger partial charge in [-0.2, -0.15) is 0 Å². The van der Waals surface area contributed by atoms with Crippen molar-refractivity contribution in [2.75, 3.05) is 39.0 Å². The molecule has 2 rings (SSSR count). The van der Waals surface area contributed by atoms with Crippen molar-refractivity contribution in [2.45, 2.75) is 6.42 Å². The SMILES string of the molecule is O=C1OCCCN1CC[P@@](=O)(Cl)N1CCOC1=O. The van der Waals surface area contributed by atoms with Gasteiger partial charge in [-0.3, -0.25) is 4.57 Å². The lowest BCUT2D eigenvalue weighted by molar-refractivity contribution is 0.0754. The van der Waals surface area contributed by atoms with Crippen LogP contribution in [0.5, 0.6) is 0 Å². The smallest absolute Gasteiger partial charge is 0.416 e. The van der Waals surface area contributed by atoms with E-state index in [4.69, 9.17) is 16.0 Å². The topological polar surface area (TPSA) is 76.2 Å². The first-order valence-corrected chi connectivity index (χ1v) is 8.41. The van der Waals surface area contributed by atoms with Crippen molar-refractivity contribution in [3.63, 3.8) is 0 Å². The zero-order valence-corrected chi connectivity index (χ0v) is 11.4. The molecule has 0 aromatic heterocycles. The molecule has 102 valence electrons. The second kappa shape index (κ2) is 5.36. The lowest BCUT2D eigenvalue weighted by Crippen LogP contribution is -2.39. The van der Waals surface area contributed by atoms with Gasteiger partial charge in [-0.1, -0.05) is 0 Å². The highest BCUT2D eigenvalue weighted by atomic mass is 35.7. The van der Waals surface area contributed by atoms with Gasteiger partial charge >= 0.3 is 12.2 Å². The predicted octanol–water partition coefficient (Wildman–Crippen LogP) is 1.71. The Hall–Kier alpha value is -0.940. The molecule has 0 unspecified atom stereocenters. The van der Waals surface area contributed by atoms with Crippen molar-refractivity contribution in [2.24, 2.45) is 0 Å². The third-order valence-corrected chi connectivity index (χ3v) is 5.69. The Balaban J connectivity index is 1.90. The fraction of sp³-hybridized carbons (Fsp3) is 0.778. The number of hydrogen-bond acceptors (Lipinski definition) is 5. The maximum atomic E-state index is 12.2. The third kappa shape index (κ3) is 2.90. The number of amides is 2. The summed E-state index contributed by atoms with van der Waals surface area (Å²) in [5, 5.41) is 0. The van der Waals surface area contributed by atoms with Crippen LogP contribution in [0.1, 0.15) is 6.42 Å². The molecule has 2 heterocycles. The van der Waals surface area contributed by atoms with Crippen LogP contribution in [0, 0.1) is 0 Å². The molecule has 0 bridgehead atoms. The van der Waals surface area contributed by atoms with Gasteiger partial charge < -0.3 is 14.4 Å². The molecule has 1 atom stereocenters. The number of rotatable bonds is 4. The Labute approximate surface area is 109 Å². The highest BCUT2D eigenvalue weighted by Gasteiger charge is 2.38. The molecule has 18 heavy (non-hydrogen) atoms. The summed E-state index contributed by atoms with van der Waals surface area (Å²) in [5.74, 6) is 0. The Morgan fingerprint density at radius 1 is 1.17 bits per heavy atom. The minimum Gasteiger partial charge on any atom is -0.449 e. The first-order chi connectivity index (χ1) is 8.50. The minimum atomic E-state index is -3.31. The molecule has 0 aliphatic carbocycles. The van der Waals surface area contributed by atoms with Gasteiger partial charge in [0.15, 0.2) is 0 Å². The highest BCUT2D eigenvalue weighted by Crippen LogP contribution is 2.55. The van der Waals surface area contributed by atoms with Crippen LogP contribution in [0.15, 0.2) is 0 Å². The molecule has 0 radical (unpaired) electrons. The van der Waals surface area contributed by atoms with Gasteiger partial charge in [-0.05, 0) is 17.7 Å². The van der Waals surface area contributed by atoms with E-state index in [1.165, 1.54) is 4.90 Å². The van der Waals surface area contributed by atoms with Gasteiger partial charge in [-0.25, -0.2) is 14.3 Å². The fourth-order valence-electron chi connectivity index (χ4n) is 1.82. The fourth-order valence-corrected chi connectivity index (χ4v) is 3.87. The molecule has 2 saturated heterocycles. The molecule has 0 aromatic carbocycles. The molecule has 2 amide bonds. The molecule has 0 spiro atoms. The van der Waals surface area contributed by atoms with Gasteiger partial charge in [0.05, 0.1) is 19.3 Å². The number of halogens is 1. The Morgan fingerprint density at radius 3 is 2.50 bits per heavy atom. The first kappa shape index (κ1) is 13.5. The van der Waals surface area contributed by atoms with Gasteiger partial charge in [0.2, 0.25) is 0 Å². The maximum absolute atomic E-state index is 12.2. The van der Waals surface area contributed by atoms with Gasteiger partial charge in [0.25, 0.3) is 6.65 Å². The second-order valence-corrected chi connectivity index (χ2v) is 7.78. The van der Waals surface area contributed by atoms with Crippen molar-refractivity contribution in [3.05, 3.63) is 0 Å². The van der Waals surface area contributed by atoms with E-state index < -0.39 is 18.8 Å². The van der Waals surface area contributed by atoms with Crippen molar-refractivity contribution in [1.82, 2.24) is 9.57 Å². The number of ether oxygens (including phenoxy) is 2. The lowest BCUT2D eigenvalue weighted by Gasteiger charge is -2.28. The predicted molar refractivity (Wildman–Crippen MR) is 63.9 cm³/mol. The van der Waals surface area contributed by atoms with Crippen LogP contribution in [-0.4, -0.2) is 60.8 Å². The second-order valence-electron chi connectivity index (χ2n) is 4.03. The third-order valence-electron chi connectivity index (χ3n) is 2.80. The van der Waals surface area contributed by atoms with Gasteiger partial charge in [-0.15, -0.1) is 0 Å². The van der Waals surface area contributed by atoms with E-state index in [1.54, 1.807) is 0 Å². The summed E-state index contributed by atoms with van der Waals surface area (Å²) in [6.45, 7) is -1.71. The maximum Gasteiger partial charge on any atom is 0.416 e. The number of hydrogen-bond donors (Lipinski definition) is 0. The molecule has 0 aromatic rings. The van der Waals surface area contributed by atoms with E-state index in [0.717, 1.165) is 11.1 Å². The minimum absolute atomic E-state index is 0.0404. The van der Waals surface area contributed by atoms with Crippen molar-refractivity contribution < 1.29 is 23.6 Å². The molecule has 2 fully saturated rings. The summed E-state index contributed by atoms with van der Waals surface area (Å²) in [6.07, 6.45) is -0.306. The summed E-state index contributed by atoms with van der Waals surface area (Å²) < 4.78 is 22.8.